The molecular weight excluding hydrogens is 254 g/mol. The van der Waals surface area contributed by atoms with Crippen LogP contribution in [0, 0.1) is 0 Å². The van der Waals surface area contributed by atoms with Gasteiger partial charge < -0.3 is 10.2 Å². The van der Waals surface area contributed by atoms with E-state index >= 15 is 0 Å². The molecule has 5 heteroatoms. The molecule has 18 heavy (non-hydrogen) atoms. The molecule has 0 saturated heterocycles. The third kappa shape index (κ3) is 2.78. The van der Waals surface area contributed by atoms with Gasteiger partial charge in [0.2, 0.25) is 11.7 Å². The number of rotatable bonds is 4. The smallest absolute Gasteiger partial charge is 0.225 e. The molecule has 92 valence electrons. The van der Waals surface area contributed by atoms with Crippen molar-refractivity contribution in [2.75, 3.05) is 0 Å². The molecule has 0 aliphatic heterocycles. The lowest BCUT2D eigenvalue weighted by molar-refractivity contribution is -0.117. The largest absolute Gasteiger partial charge is 0.453 e. The van der Waals surface area contributed by atoms with E-state index in [1.165, 1.54) is 6.07 Å². The summed E-state index contributed by atoms with van der Waals surface area (Å²) in [7, 11) is 0. The van der Waals surface area contributed by atoms with Gasteiger partial charge in [0, 0.05) is 10.6 Å². The van der Waals surface area contributed by atoms with Crippen LogP contribution in [0.25, 0.3) is 11.3 Å². The molecule has 0 radical (unpaired) electrons. The maximum Gasteiger partial charge on any atom is 0.225 e. The molecule has 1 heterocycles. The van der Waals surface area contributed by atoms with Crippen LogP contribution in [0.1, 0.15) is 17.0 Å². The van der Waals surface area contributed by atoms with E-state index in [4.69, 9.17) is 21.8 Å². The molecule has 2 rings (SSSR count). The Morgan fingerprint density at radius 2 is 1.78 bits per heavy atom. The highest BCUT2D eigenvalue weighted by Gasteiger charge is 2.14. The first-order valence-electron chi connectivity index (χ1n) is 5.23. The van der Waals surface area contributed by atoms with Crippen LogP contribution in [0.15, 0.2) is 40.8 Å². The fourth-order valence-corrected chi connectivity index (χ4v) is 1.63. The Kier molecular flexibility index (Phi) is 3.48. The van der Waals surface area contributed by atoms with Crippen LogP contribution in [0.3, 0.4) is 0 Å². The van der Waals surface area contributed by atoms with Gasteiger partial charge in [-0.25, -0.2) is 0 Å². The lowest BCUT2D eigenvalue weighted by Crippen LogP contribution is -2.15. The molecule has 2 N–H and O–H groups in total. The lowest BCUT2D eigenvalue weighted by atomic mass is 10.2. The zero-order valence-corrected chi connectivity index (χ0v) is 10.1. The van der Waals surface area contributed by atoms with E-state index in [0.717, 1.165) is 5.56 Å². The summed E-state index contributed by atoms with van der Waals surface area (Å²) in [5, 5.41) is 0.621. The number of nitrogens with two attached hydrogens (primary N) is 1. The molecule has 4 nitrogen and oxygen atoms in total. The summed E-state index contributed by atoms with van der Waals surface area (Å²) in [6, 6.07) is 10.2. The van der Waals surface area contributed by atoms with Crippen molar-refractivity contribution < 1.29 is 14.0 Å². The Morgan fingerprint density at radius 1 is 1.11 bits per heavy atom. The van der Waals surface area contributed by atoms with E-state index < -0.39 is 11.7 Å². The average Bonchev–Trinajstić information content (AvgIpc) is 2.78. The predicted molar refractivity (Wildman–Crippen MR) is 67.3 cm³/mol. The van der Waals surface area contributed by atoms with Crippen LogP contribution < -0.4 is 5.73 Å². The fraction of sp³-hybridized carbons (Fsp3) is 0.0769. The number of amides is 1. The number of hydrogen-bond donors (Lipinski definition) is 1. The minimum atomic E-state index is -0.676. The van der Waals surface area contributed by atoms with Crippen LogP contribution in [-0.2, 0) is 4.79 Å². The van der Waals surface area contributed by atoms with E-state index in [9.17, 15) is 9.59 Å². The van der Waals surface area contributed by atoms with Gasteiger partial charge in [0.25, 0.3) is 0 Å². The fourth-order valence-electron chi connectivity index (χ4n) is 1.50. The van der Waals surface area contributed by atoms with Gasteiger partial charge in [-0.2, -0.15) is 0 Å². The Labute approximate surface area is 108 Å². The summed E-state index contributed by atoms with van der Waals surface area (Å²) in [6.45, 7) is 0. The molecular formula is C13H10ClNO3. The van der Waals surface area contributed by atoms with Crippen molar-refractivity contribution in [3.63, 3.8) is 0 Å². The summed E-state index contributed by atoms with van der Waals surface area (Å²) >= 11 is 5.78. The number of Topliss-reactive ketones (excluding diaryl/α,β-unsaturated/α-hetero) is 1. The monoisotopic (exact) mass is 263 g/mol. The third-order valence-corrected chi connectivity index (χ3v) is 2.60. The standard InChI is InChI=1S/C13H10ClNO3/c14-9-3-1-8(2-4-9)11-5-6-12(18-11)10(16)7-13(15)17/h1-6H,7H2,(H2,15,17). The highest BCUT2D eigenvalue weighted by atomic mass is 35.5. The number of benzene rings is 1. The van der Waals surface area contributed by atoms with Crippen LogP contribution in [0.4, 0.5) is 0 Å². The first-order chi connectivity index (χ1) is 8.56. The summed E-state index contributed by atoms with van der Waals surface area (Å²) in [6.07, 6.45) is -0.354. The van der Waals surface area contributed by atoms with Crippen LogP contribution in [-0.4, -0.2) is 11.7 Å². The number of carbonyl (C=O) groups excluding carboxylic acids is 2. The molecule has 0 fully saturated rings. The second kappa shape index (κ2) is 5.06. The van der Waals surface area contributed by atoms with Crippen molar-refractivity contribution >= 4 is 23.3 Å². The zero-order chi connectivity index (χ0) is 13.1. The minimum absolute atomic E-state index is 0.124. The van der Waals surface area contributed by atoms with Gasteiger partial charge in [-0.1, -0.05) is 11.6 Å². The quantitative estimate of drug-likeness (QED) is 0.681. The molecule has 0 spiro atoms. The average molecular weight is 264 g/mol. The van der Waals surface area contributed by atoms with E-state index in [1.54, 1.807) is 30.3 Å². The van der Waals surface area contributed by atoms with Crippen LogP contribution in [0.2, 0.25) is 5.02 Å². The first kappa shape index (κ1) is 12.4. The summed E-state index contributed by atoms with van der Waals surface area (Å²) in [4.78, 5) is 22.2. The number of hydrogen-bond acceptors (Lipinski definition) is 3. The lowest BCUT2D eigenvalue weighted by Gasteiger charge is -1.97. The predicted octanol–water partition coefficient (Wildman–Crippen LogP) is 2.66. The molecule has 1 aromatic heterocycles. The number of carbonyl (C=O) groups is 2. The highest BCUT2D eigenvalue weighted by Crippen LogP contribution is 2.24. The Morgan fingerprint density at radius 3 is 2.39 bits per heavy atom. The van der Waals surface area contributed by atoms with Gasteiger partial charge in [-0.05, 0) is 36.4 Å². The van der Waals surface area contributed by atoms with E-state index in [-0.39, 0.29) is 12.2 Å². The van der Waals surface area contributed by atoms with Gasteiger partial charge in [0.1, 0.15) is 5.76 Å². The summed E-state index contributed by atoms with van der Waals surface area (Å²) in [5.74, 6) is -0.439. The number of furan rings is 1. The molecule has 1 amide bonds. The van der Waals surface area contributed by atoms with E-state index in [2.05, 4.69) is 0 Å². The maximum absolute atomic E-state index is 11.5. The number of primary amides is 1. The maximum atomic E-state index is 11.5. The summed E-state index contributed by atoms with van der Waals surface area (Å²) in [5.41, 5.74) is 5.75. The van der Waals surface area contributed by atoms with Crippen molar-refractivity contribution in [3.8, 4) is 11.3 Å². The number of ketones is 1. The summed E-state index contributed by atoms with van der Waals surface area (Å²) < 4.78 is 5.37. The Balaban J connectivity index is 2.22. The zero-order valence-electron chi connectivity index (χ0n) is 9.35. The van der Waals surface area contributed by atoms with Crippen molar-refractivity contribution in [1.29, 1.82) is 0 Å². The van der Waals surface area contributed by atoms with E-state index in [1.807, 2.05) is 0 Å². The van der Waals surface area contributed by atoms with Crippen molar-refractivity contribution in [2.45, 2.75) is 6.42 Å². The second-order valence-corrected chi connectivity index (χ2v) is 4.17. The molecule has 0 bridgehead atoms. The molecule has 2 aromatic rings. The van der Waals surface area contributed by atoms with Gasteiger partial charge in [-0.15, -0.1) is 0 Å². The first-order valence-corrected chi connectivity index (χ1v) is 5.61. The molecule has 1 aromatic carbocycles. The SMILES string of the molecule is NC(=O)CC(=O)c1ccc(-c2ccc(Cl)cc2)o1. The third-order valence-electron chi connectivity index (χ3n) is 2.34. The molecule has 0 atom stereocenters. The van der Waals surface area contributed by atoms with Crippen LogP contribution >= 0.6 is 11.6 Å². The molecule has 0 aliphatic rings. The van der Waals surface area contributed by atoms with Crippen molar-refractivity contribution in [3.05, 3.63) is 47.2 Å². The van der Waals surface area contributed by atoms with Crippen molar-refractivity contribution in [1.82, 2.24) is 0 Å². The van der Waals surface area contributed by atoms with Gasteiger partial charge >= 0.3 is 0 Å². The second-order valence-electron chi connectivity index (χ2n) is 3.74. The Bertz CT molecular complexity index is 587. The molecule has 0 saturated carbocycles. The minimum Gasteiger partial charge on any atom is -0.453 e. The van der Waals surface area contributed by atoms with Crippen LogP contribution in [0.5, 0.6) is 0 Å². The topological polar surface area (TPSA) is 73.3 Å². The van der Waals surface area contributed by atoms with Gasteiger partial charge in [-0.3, -0.25) is 9.59 Å². The molecule has 0 aliphatic carbocycles. The van der Waals surface area contributed by atoms with Gasteiger partial charge in [0.05, 0.1) is 6.42 Å². The normalized spacial score (nSPS) is 10.3. The van der Waals surface area contributed by atoms with Gasteiger partial charge in [0.15, 0.2) is 5.76 Å². The van der Waals surface area contributed by atoms with Crippen molar-refractivity contribution in [2.24, 2.45) is 5.73 Å². The molecule has 0 unspecified atom stereocenters. The Hall–Kier alpha value is -2.07. The number of halogens is 1. The highest BCUT2D eigenvalue weighted by molar-refractivity contribution is 6.30. The van der Waals surface area contributed by atoms with E-state index in [0.29, 0.717) is 10.8 Å².